The van der Waals surface area contributed by atoms with Crippen LogP contribution in [0.25, 0.3) is 5.76 Å². The Morgan fingerprint density at radius 1 is 1.04 bits per heavy atom. The lowest BCUT2D eigenvalue weighted by atomic mass is 9.95. The van der Waals surface area contributed by atoms with E-state index in [1.807, 2.05) is 13.0 Å². The maximum absolute atomic E-state index is 12.6. The predicted octanol–water partition coefficient (Wildman–Crippen LogP) is 3.22. The Balaban J connectivity index is 2.18. The molecule has 1 amide bonds. The number of likely N-dealkylation sites (tertiary alicyclic amines) is 1. The van der Waals surface area contributed by atoms with Crippen LogP contribution in [0, 0.1) is 0 Å². The summed E-state index contributed by atoms with van der Waals surface area (Å²) in [4.78, 5) is 26.5. The molecule has 1 heterocycles. The van der Waals surface area contributed by atoms with E-state index in [2.05, 4.69) is 0 Å². The number of aliphatic hydroxyl groups is 1. The van der Waals surface area contributed by atoms with Crippen molar-refractivity contribution in [1.82, 2.24) is 4.90 Å². The van der Waals surface area contributed by atoms with Gasteiger partial charge in [-0.2, -0.15) is 0 Å². The van der Waals surface area contributed by atoms with Crippen LogP contribution in [0.3, 0.4) is 0 Å². The van der Waals surface area contributed by atoms with Gasteiger partial charge in [0.25, 0.3) is 11.7 Å². The highest BCUT2D eigenvalue weighted by molar-refractivity contribution is 6.46. The van der Waals surface area contributed by atoms with Gasteiger partial charge in [-0.15, -0.1) is 0 Å². The number of nitrogens with zero attached hydrogens (tertiary/aromatic N) is 1. The van der Waals surface area contributed by atoms with Gasteiger partial charge in [-0.05, 0) is 24.1 Å². The van der Waals surface area contributed by atoms with Crippen molar-refractivity contribution in [2.45, 2.75) is 19.4 Å². The quantitative estimate of drug-likeness (QED) is 0.510. The van der Waals surface area contributed by atoms with Gasteiger partial charge in [0.05, 0.1) is 11.6 Å². The summed E-state index contributed by atoms with van der Waals surface area (Å²) >= 11 is 0. The molecule has 2 aromatic rings. The number of aliphatic hydroxyl groups excluding tert-OH is 1. The van der Waals surface area contributed by atoms with Crippen LogP contribution < -0.4 is 0 Å². The van der Waals surface area contributed by atoms with Crippen molar-refractivity contribution in [3.63, 3.8) is 0 Å². The van der Waals surface area contributed by atoms with Crippen LogP contribution in [-0.2, 0) is 9.59 Å². The number of benzene rings is 2. The fourth-order valence-corrected chi connectivity index (χ4v) is 3.11. The third-order valence-corrected chi connectivity index (χ3v) is 4.26. The minimum Gasteiger partial charge on any atom is -0.508 e. The van der Waals surface area contributed by atoms with Crippen molar-refractivity contribution in [2.75, 3.05) is 6.54 Å². The van der Waals surface area contributed by atoms with E-state index < -0.39 is 17.7 Å². The van der Waals surface area contributed by atoms with Gasteiger partial charge in [0.2, 0.25) is 0 Å². The Kier molecular flexibility index (Phi) is 4.57. The van der Waals surface area contributed by atoms with E-state index >= 15 is 0 Å². The molecule has 1 atom stereocenters. The minimum absolute atomic E-state index is 0.0790. The lowest BCUT2D eigenvalue weighted by molar-refractivity contribution is -0.139. The zero-order valence-corrected chi connectivity index (χ0v) is 13.8. The number of aromatic hydroxyl groups is 1. The molecule has 5 heteroatoms. The fourth-order valence-electron chi connectivity index (χ4n) is 3.11. The summed E-state index contributed by atoms with van der Waals surface area (Å²) in [5.74, 6) is -1.39. The molecular formula is C20H19NO4. The largest absolute Gasteiger partial charge is 0.508 e. The Labute approximate surface area is 145 Å². The lowest BCUT2D eigenvalue weighted by Gasteiger charge is -2.24. The minimum atomic E-state index is -0.687. The molecule has 3 rings (SSSR count). The third-order valence-electron chi connectivity index (χ3n) is 4.26. The van der Waals surface area contributed by atoms with Gasteiger partial charge in [0, 0.05) is 12.1 Å². The smallest absolute Gasteiger partial charge is 0.295 e. The number of ketones is 1. The van der Waals surface area contributed by atoms with Gasteiger partial charge in [0.1, 0.15) is 11.5 Å². The zero-order chi connectivity index (χ0) is 18.0. The van der Waals surface area contributed by atoms with Crippen LogP contribution in [0.2, 0.25) is 0 Å². The van der Waals surface area contributed by atoms with Crippen molar-refractivity contribution in [3.8, 4) is 5.75 Å². The van der Waals surface area contributed by atoms with E-state index in [4.69, 9.17) is 0 Å². The highest BCUT2D eigenvalue weighted by atomic mass is 16.3. The highest BCUT2D eigenvalue weighted by Gasteiger charge is 2.45. The van der Waals surface area contributed by atoms with Crippen molar-refractivity contribution >= 4 is 17.4 Å². The van der Waals surface area contributed by atoms with E-state index in [1.165, 1.54) is 17.0 Å². The van der Waals surface area contributed by atoms with E-state index in [0.717, 1.165) is 0 Å². The first kappa shape index (κ1) is 16.8. The maximum Gasteiger partial charge on any atom is 0.295 e. The highest BCUT2D eigenvalue weighted by Crippen LogP contribution is 2.39. The summed E-state index contributed by atoms with van der Waals surface area (Å²) in [6.45, 7) is 2.33. The number of rotatable bonds is 4. The van der Waals surface area contributed by atoms with Crippen molar-refractivity contribution in [2.24, 2.45) is 0 Å². The molecule has 5 nitrogen and oxygen atoms in total. The van der Waals surface area contributed by atoms with Crippen LogP contribution in [0.5, 0.6) is 5.75 Å². The topological polar surface area (TPSA) is 77.8 Å². The number of Topliss-reactive ketones (excluding diaryl/α,β-unsaturated/α-hetero) is 1. The van der Waals surface area contributed by atoms with E-state index in [0.29, 0.717) is 24.1 Å². The van der Waals surface area contributed by atoms with Crippen molar-refractivity contribution in [1.29, 1.82) is 0 Å². The Bertz CT molecular complexity index is 825. The third kappa shape index (κ3) is 3.01. The Morgan fingerprint density at radius 3 is 2.28 bits per heavy atom. The number of hydrogen-bond acceptors (Lipinski definition) is 4. The van der Waals surface area contributed by atoms with Crippen LogP contribution in [0.4, 0.5) is 0 Å². The van der Waals surface area contributed by atoms with E-state index in [9.17, 15) is 19.8 Å². The molecule has 0 saturated carbocycles. The molecule has 0 spiro atoms. The second kappa shape index (κ2) is 6.81. The van der Waals surface area contributed by atoms with E-state index in [-0.39, 0.29) is 17.1 Å². The number of phenolic OH excluding ortho intramolecular Hbond substituents is 1. The Morgan fingerprint density at radius 2 is 1.68 bits per heavy atom. The molecule has 2 N–H and O–H groups in total. The zero-order valence-electron chi connectivity index (χ0n) is 13.8. The second-order valence-electron chi connectivity index (χ2n) is 5.95. The van der Waals surface area contributed by atoms with Gasteiger partial charge in [-0.3, -0.25) is 9.59 Å². The molecule has 1 saturated heterocycles. The molecule has 0 radical (unpaired) electrons. The lowest BCUT2D eigenvalue weighted by Crippen LogP contribution is -2.30. The second-order valence-corrected chi connectivity index (χ2v) is 5.95. The summed E-state index contributed by atoms with van der Waals surface area (Å²) < 4.78 is 0. The molecule has 0 bridgehead atoms. The van der Waals surface area contributed by atoms with Crippen LogP contribution in [0.1, 0.15) is 30.5 Å². The SMILES string of the molecule is CCCN1C(=O)C(=O)/C(=C(\O)c2ccccc2)C1c1ccc(O)cc1. The molecule has 25 heavy (non-hydrogen) atoms. The monoisotopic (exact) mass is 337 g/mol. The molecule has 1 aliphatic rings. The number of phenols is 1. The standard InChI is InChI=1S/C20H19NO4/c1-2-12-21-17(13-8-10-15(22)11-9-13)16(19(24)20(21)25)18(23)14-6-4-3-5-7-14/h3-11,17,22-23H,2,12H2,1H3/b18-16-. The molecule has 1 fully saturated rings. The van der Waals surface area contributed by atoms with Gasteiger partial charge in [-0.1, -0.05) is 49.4 Å². The molecule has 0 aromatic heterocycles. The first-order chi connectivity index (χ1) is 12.0. The number of amides is 1. The van der Waals surface area contributed by atoms with Gasteiger partial charge >= 0.3 is 0 Å². The number of carbonyl (C=O) groups is 2. The van der Waals surface area contributed by atoms with Gasteiger partial charge in [0.15, 0.2) is 0 Å². The molecular weight excluding hydrogens is 318 g/mol. The van der Waals surface area contributed by atoms with E-state index in [1.54, 1.807) is 36.4 Å². The fraction of sp³-hybridized carbons (Fsp3) is 0.200. The summed E-state index contributed by atoms with van der Waals surface area (Å²) in [5, 5.41) is 20.2. The molecule has 1 aliphatic heterocycles. The molecule has 2 aromatic carbocycles. The van der Waals surface area contributed by atoms with Crippen molar-refractivity contribution in [3.05, 3.63) is 71.3 Å². The molecule has 0 aliphatic carbocycles. The van der Waals surface area contributed by atoms with Crippen molar-refractivity contribution < 1.29 is 19.8 Å². The average Bonchev–Trinajstić information content (AvgIpc) is 2.88. The molecule has 1 unspecified atom stereocenters. The first-order valence-corrected chi connectivity index (χ1v) is 8.17. The number of carbonyl (C=O) groups excluding carboxylic acids is 2. The maximum atomic E-state index is 12.6. The normalized spacial score (nSPS) is 19.4. The van der Waals surface area contributed by atoms with Crippen LogP contribution in [0.15, 0.2) is 60.2 Å². The van der Waals surface area contributed by atoms with Gasteiger partial charge in [-0.25, -0.2) is 0 Å². The van der Waals surface area contributed by atoms with Crippen LogP contribution in [-0.4, -0.2) is 33.3 Å². The summed E-state index contributed by atoms with van der Waals surface area (Å²) in [6.07, 6.45) is 0.687. The Hall–Kier alpha value is -3.08. The van der Waals surface area contributed by atoms with Crippen LogP contribution >= 0.6 is 0 Å². The summed E-state index contributed by atoms with van der Waals surface area (Å²) in [5.41, 5.74) is 1.24. The summed E-state index contributed by atoms with van der Waals surface area (Å²) in [7, 11) is 0. The number of hydrogen-bond donors (Lipinski definition) is 2. The first-order valence-electron chi connectivity index (χ1n) is 8.17. The summed E-state index contributed by atoms with van der Waals surface area (Å²) in [6, 6.07) is 14.4. The average molecular weight is 337 g/mol. The van der Waals surface area contributed by atoms with Gasteiger partial charge < -0.3 is 15.1 Å². The molecule has 128 valence electrons. The predicted molar refractivity (Wildman–Crippen MR) is 93.8 cm³/mol.